The molecule has 1 unspecified atom stereocenters. The lowest BCUT2D eigenvalue weighted by molar-refractivity contribution is 0.0955. The van der Waals surface area contributed by atoms with Gasteiger partial charge in [0.1, 0.15) is 0 Å². The Kier molecular flexibility index (Phi) is 5.55. The number of benzene rings is 1. The fourth-order valence-corrected chi connectivity index (χ4v) is 4.07. The van der Waals surface area contributed by atoms with Crippen molar-refractivity contribution in [1.29, 1.82) is 0 Å². The van der Waals surface area contributed by atoms with E-state index < -0.39 is 0 Å². The van der Waals surface area contributed by atoms with E-state index in [1.165, 1.54) is 16.7 Å². The smallest absolute Gasteiger partial charge is 0.261 e. The maximum atomic E-state index is 12.5. The number of carbonyl (C=O) groups is 1. The van der Waals surface area contributed by atoms with Gasteiger partial charge in [-0.15, -0.1) is 11.3 Å². The van der Waals surface area contributed by atoms with Crippen molar-refractivity contribution in [2.45, 2.75) is 12.5 Å². The second kappa shape index (κ2) is 8.42. The van der Waals surface area contributed by atoms with Crippen molar-refractivity contribution in [2.24, 2.45) is 5.73 Å². The number of thiophene rings is 1. The fourth-order valence-electron chi connectivity index (χ4n) is 3.18. The minimum atomic E-state index is -0.169. The summed E-state index contributed by atoms with van der Waals surface area (Å²) in [6.45, 7) is 0.406. The highest BCUT2D eigenvalue weighted by Crippen LogP contribution is 2.27. The number of amides is 1. The van der Waals surface area contributed by atoms with Crippen molar-refractivity contribution in [3.05, 3.63) is 65.3 Å². The van der Waals surface area contributed by atoms with Gasteiger partial charge in [0.05, 0.1) is 15.4 Å². The molecule has 0 radical (unpaired) electrons. The van der Waals surface area contributed by atoms with Crippen LogP contribution in [0.5, 0.6) is 0 Å². The first-order valence-corrected chi connectivity index (χ1v) is 10.2. The number of carbonyl (C=O) groups excluding carboxylic acids is 1. The molecule has 0 fully saturated rings. The zero-order chi connectivity index (χ0) is 20.2. The topological polar surface area (TPSA) is 109 Å². The molecule has 0 bridgehead atoms. The molecule has 0 aliphatic heterocycles. The van der Waals surface area contributed by atoms with Crippen LogP contribution in [0.25, 0.3) is 21.5 Å². The van der Waals surface area contributed by atoms with E-state index in [0.29, 0.717) is 23.8 Å². The Morgan fingerprint density at radius 3 is 2.97 bits per heavy atom. The van der Waals surface area contributed by atoms with Gasteiger partial charge in [-0.3, -0.25) is 4.79 Å². The van der Waals surface area contributed by atoms with Crippen LogP contribution < -0.4 is 16.4 Å². The maximum absolute atomic E-state index is 12.5. The summed E-state index contributed by atoms with van der Waals surface area (Å²) in [5.41, 5.74) is 9.29. The molecular formula is C21H22N6OS. The highest BCUT2D eigenvalue weighted by atomic mass is 32.1. The van der Waals surface area contributed by atoms with E-state index >= 15 is 0 Å². The number of anilines is 1. The van der Waals surface area contributed by atoms with Gasteiger partial charge in [-0.25, -0.2) is 9.97 Å². The fraction of sp³-hybridized carbons (Fsp3) is 0.190. The van der Waals surface area contributed by atoms with Crippen molar-refractivity contribution in [1.82, 2.24) is 20.3 Å². The minimum Gasteiger partial charge on any atom is -0.361 e. The van der Waals surface area contributed by atoms with Gasteiger partial charge >= 0.3 is 0 Å². The van der Waals surface area contributed by atoms with Gasteiger partial charge in [-0.2, -0.15) is 0 Å². The zero-order valence-corrected chi connectivity index (χ0v) is 16.8. The normalized spacial score (nSPS) is 12.1. The Morgan fingerprint density at radius 1 is 1.24 bits per heavy atom. The molecule has 4 aromatic rings. The first kappa shape index (κ1) is 19.1. The van der Waals surface area contributed by atoms with E-state index in [9.17, 15) is 4.79 Å². The standard InChI is InChI=1S/C21H22N6OS/c1-23-21-24-9-8-17(27-21)18-6-7-19(29-18)20(28)26-12-14(22)10-13-11-25-16-5-3-2-4-15(13)16/h2-9,11,14,25H,10,12,22H2,1H3,(H,26,28)(H,23,24,27). The van der Waals surface area contributed by atoms with Crippen LogP contribution >= 0.6 is 11.3 Å². The van der Waals surface area contributed by atoms with Crippen LogP contribution in [0.3, 0.4) is 0 Å². The summed E-state index contributed by atoms with van der Waals surface area (Å²) in [5, 5.41) is 7.02. The number of aromatic nitrogens is 3. The van der Waals surface area contributed by atoms with Gasteiger partial charge in [0.15, 0.2) is 0 Å². The highest BCUT2D eigenvalue weighted by Gasteiger charge is 2.14. The molecule has 3 aromatic heterocycles. The van der Waals surface area contributed by atoms with E-state index in [4.69, 9.17) is 5.73 Å². The summed E-state index contributed by atoms with van der Waals surface area (Å²) in [6.07, 6.45) is 4.37. The molecule has 0 spiro atoms. The molecule has 1 amide bonds. The van der Waals surface area contributed by atoms with Crippen LogP contribution in [-0.4, -0.2) is 40.5 Å². The molecule has 8 heteroatoms. The number of hydrogen-bond donors (Lipinski definition) is 4. The number of nitrogens with two attached hydrogens (primary N) is 1. The lowest BCUT2D eigenvalue weighted by Gasteiger charge is -2.12. The molecule has 0 saturated carbocycles. The number of hydrogen-bond acceptors (Lipinski definition) is 6. The van der Waals surface area contributed by atoms with Crippen molar-refractivity contribution >= 4 is 34.1 Å². The van der Waals surface area contributed by atoms with Crippen LogP contribution in [0.15, 0.2) is 54.9 Å². The zero-order valence-electron chi connectivity index (χ0n) is 16.0. The van der Waals surface area contributed by atoms with Crippen LogP contribution in [0.4, 0.5) is 5.95 Å². The van der Waals surface area contributed by atoms with E-state index in [-0.39, 0.29) is 11.9 Å². The predicted molar refractivity (Wildman–Crippen MR) is 117 cm³/mol. The number of aromatic amines is 1. The van der Waals surface area contributed by atoms with Gasteiger partial charge in [0.2, 0.25) is 5.95 Å². The van der Waals surface area contributed by atoms with E-state index in [2.05, 4.69) is 31.7 Å². The molecule has 4 rings (SSSR count). The predicted octanol–water partition coefficient (Wildman–Crippen LogP) is 3.03. The Balaban J connectivity index is 1.36. The van der Waals surface area contributed by atoms with Crippen LogP contribution in [0.1, 0.15) is 15.2 Å². The molecule has 148 valence electrons. The molecule has 5 N–H and O–H groups in total. The summed E-state index contributed by atoms with van der Waals surface area (Å²) >= 11 is 1.40. The van der Waals surface area contributed by atoms with Gasteiger partial charge in [0, 0.05) is 42.9 Å². The average molecular weight is 407 g/mol. The molecule has 0 aliphatic carbocycles. The molecule has 1 aromatic carbocycles. The SMILES string of the molecule is CNc1nccc(-c2ccc(C(=O)NCC(N)Cc3c[nH]c4ccccc34)s2)n1. The molecular weight excluding hydrogens is 384 g/mol. The van der Waals surface area contributed by atoms with Gasteiger partial charge in [-0.1, -0.05) is 18.2 Å². The monoisotopic (exact) mass is 406 g/mol. The third kappa shape index (κ3) is 4.28. The Hall–Kier alpha value is -3.23. The average Bonchev–Trinajstić information content (AvgIpc) is 3.40. The number of para-hydroxylation sites is 1. The molecule has 3 heterocycles. The van der Waals surface area contributed by atoms with Crippen molar-refractivity contribution in [3.63, 3.8) is 0 Å². The van der Waals surface area contributed by atoms with Crippen molar-refractivity contribution < 1.29 is 4.79 Å². The second-order valence-electron chi connectivity index (χ2n) is 6.71. The van der Waals surface area contributed by atoms with Crippen LogP contribution in [0, 0.1) is 0 Å². The molecule has 7 nitrogen and oxygen atoms in total. The van der Waals surface area contributed by atoms with Gasteiger partial charge < -0.3 is 21.4 Å². The highest BCUT2D eigenvalue weighted by molar-refractivity contribution is 7.17. The van der Waals surface area contributed by atoms with Crippen LogP contribution in [0.2, 0.25) is 0 Å². The summed E-state index contributed by atoms with van der Waals surface area (Å²) in [6, 6.07) is 13.5. The lowest BCUT2D eigenvalue weighted by atomic mass is 10.1. The quantitative estimate of drug-likeness (QED) is 0.377. The van der Waals surface area contributed by atoms with Gasteiger partial charge in [-0.05, 0) is 36.2 Å². The summed E-state index contributed by atoms with van der Waals surface area (Å²) in [7, 11) is 1.77. The Labute approximate surface area is 172 Å². The van der Waals surface area contributed by atoms with Crippen LogP contribution in [-0.2, 0) is 6.42 Å². The number of nitrogens with zero attached hydrogens (tertiary/aromatic N) is 2. The lowest BCUT2D eigenvalue weighted by Crippen LogP contribution is -2.38. The largest absolute Gasteiger partial charge is 0.361 e. The Bertz CT molecular complexity index is 1130. The molecule has 0 saturated heterocycles. The van der Waals surface area contributed by atoms with Crippen molar-refractivity contribution in [3.8, 4) is 10.6 Å². The van der Waals surface area contributed by atoms with E-state index in [0.717, 1.165) is 21.7 Å². The second-order valence-corrected chi connectivity index (χ2v) is 7.80. The first-order valence-electron chi connectivity index (χ1n) is 9.34. The molecule has 29 heavy (non-hydrogen) atoms. The first-order chi connectivity index (χ1) is 14.1. The number of fused-ring (bicyclic) bond motifs is 1. The summed E-state index contributed by atoms with van der Waals surface area (Å²) in [4.78, 5) is 25.8. The summed E-state index contributed by atoms with van der Waals surface area (Å²) in [5.74, 6) is 0.420. The third-order valence-electron chi connectivity index (χ3n) is 4.64. The maximum Gasteiger partial charge on any atom is 0.261 e. The minimum absolute atomic E-state index is 0.126. The number of rotatable bonds is 7. The van der Waals surface area contributed by atoms with Crippen molar-refractivity contribution in [2.75, 3.05) is 18.9 Å². The summed E-state index contributed by atoms with van der Waals surface area (Å²) < 4.78 is 0. The van der Waals surface area contributed by atoms with E-state index in [1.54, 1.807) is 13.2 Å². The molecule has 0 aliphatic rings. The van der Waals surface area contributed by atoms with Gasteiger partial charge in [0.25, 0.3) is 5.91 Å². The number of H-pyrrole nitrogens is 1. The Morgan fingerprint density at radius 2 is 2.10 bits per heavy atom. The third-order valence-corrected chi connectivity index (χ3v) is 5.75. The molecule has 1 atom stereocenters. The van der Waals surface area contributed by atoms with E-state index in [1.807, 2.05) is 42.6 Å². The number of nitrogens with one attached hydrogen (secondary N) is 3.